The molecule has 0 spiro atoms. The van der Waals surface area contributed by atoms with E-state index in [0.717, 1.165) is 49.8 Å². The normalized spacial score (nSPS) is 11.2. The highest BCUT2D eigenvalue weighted by Gasteiger charge is 2.15. The molecular weight excluding hydrogens is 384 g/mol. The van der Waals surface area contributed by atoms with Gasteiger partial charge in [-0.1, -0.05) is 42.5 Å². The average molecular weight is 406 g/mol. The molecule has 5 aromatic rings. The molecule has 0 atom stereocenters. The van der Waals surface area contributed by atoms with Crippen LogP contribution in [0.3, 0.4) is 0 Å². The van der Waals surface area contributed by atoms with Crippen LogP contribution in [0.25, 0.3) is 33.3 Å². The lowest BCUT2D eigenvalue weighted by molar-refractivity contribution is 0.102. The second-order valence-corrected chi connectivity index (χ2v) is 7.95. The predicted octanol–water partition coefficient (Wildman–Crippen LogP) is 6.83. The van der Waals surface area contributed by atoms with E-state index in [2.05, 4.69) is 17.2 Å². The first-order valence-corrected chi connectivity index (χ1v) is 10.3. The van der Waals surface area contributed by atoms with E-state index in [-0.39, 0.29) is 5.91 Å². The molecule has 0 aliphatic rings. The van der Waals surface area contributed by atoms with Crippen LogP contribution in [0.4, 0.5) is 5.69 Å². The van der Waals surface area contributed by atoms with Crippen molar-refractivity contribution in [3.8, 4) is 11.5 Å². The standard InChI is InChI=1S/C27H22N2O2/c1-16-8-13-25-24(14-16)29-27(31-25)19-11-9-18(3)23(15-19)28-26(30)22-12-10-17(2)20-6-4-5-7-21(20)22/h4-15H,1-3H3,(H,28,30). The highest BCUT2D eigenvalue weighted by atomic mass is 16.3. The Morgan fingerprint density at radius 3 is 2.45 bits per heavy atom. The Morgan fingerprint density at radius 1 is 0.839 bits per heavy atom. The van der Waals surface area contributed by atoms with Crippen molar-refractivity contribution < 1.29 is 9.21 Å². The summed E-state index contributed by atoms with van der Waals surface area (Å²) in [6, 6.07) is 23.6. The summed E-state index contributed by atoms with van der Waals surface area (Å²) in [4.78, 5) is 17.8. The SMILES string of the molecule is Cc1ccc2oc(-c3ccc(C)c(NC(=O)c4ccc(C)c5ccccc45)c3)nc2c1. The second-order valence-electron chi connectivity index (χ2n) is 7.95. The Labute approximate surface area is 180 Å². The largest absolute Gasteiger partial charge is 0.436 e. The Kier molecular flexibility index (Phi) is 4.55. The molecule has 31 heavy (non-hydrogen) atoms. The van der Waals surface area contributed by atoms with Gasteiger partial charge in [0, 0.05) is 16.8 Å². The third-order valence-corrected chi connectivity index (χ3v) is 5.66. The van der Waals surface area contributed by atoms with Crippen molar-refractivity contribution in [3.63, 3.8) is 0 Å². The Hall–Kier alpha value is -3.92. The molecule has 4 aromatic carbocycles. The number of hydrogen-bond donors (Lipinski definition) is 1. The summed E-state index contributed by atoms with van der Waals surface area (Å²) in [6.45, 7) is 6.06. The topological polar surface area (TPSA) is 55.1 Å². The van der Waals surface area contributed by atoms with Gasteiger partial charge in [-0.15, -0.1) is 0 Å². The first-order valence-electron chi connectivity index (χ1n) is 10.3. The van der Waals surface area contributed by atoms with E-state index in [4.69, 9.17) is 4.42 Å². The molecule has 1 N–H and O–H groups in total. The lowest BCUT2D eigenvalue weighted by atomic mass is 9.99. The van der Waals surface area contributed by atoms with Gasteiger partial charge < -0.3 is 9.73 Å². The summed E-state index contributed by atoms with van der Waals surface area (Å²) >= 11 is 0. The molecule has 0 fully saturated rings. The van der Waals surface area contributed by atoms with Gasteiger partial charge in [0.15, 0.2) is 5.58 Å². The zero-order chi connectivity index (χ0) is 21.5. The van der Waals surface area contributed by atoms with E-state index < -0.39 is 0 Å². The van der Waals surface area contributed by atoms with Crippen LogP contribution in [0.15, 0.2) is 77.2 Å². The van der Waals surface area contributed by atoms with Gasteiger partial charge >= 0.3 is 0 Å². The van der Waals surface area contributed by atoms with E-state index in [9.17, 15) is 4.79 Å². The fraction of sp³-hybridized carbons (Fsp3) is 0.111. The number of oxazole rings is 1. The summed E-state index contributed by atoms with van der Waals surface area (Å²) in [5.74, 6) is 0.404. The summed E-state index contributed by atoms with van der Waals surface area (Å²) in [7, 11) is 0. The maximum atomic E-state index is 13.2. The highest BCUT2D eigenvalue weighted by molar-refractivity contribution is 6.13. The van der Waals surface area contributed by atoms with Gasteiger partial charge in [0.1, 0.15) is 5.52 Å². The maximum Gasteiger partial charge on any atom is 0.256 e. The van der Waals surface area contributed by atoms with Gasteiger partial charge in [0.25, 0.3) is 5.91 Å². The number of fused-ring (bicyclic) bond motifs is 2. The van der Waals surface area contributed by atoms with E-state index in [1.807, 2.05) is 86.6 Å². The number of benzene rings is 4. The molecule has 1 heterocycles. The molecule has 0 unspecified atom stereocenters. The van der Waals surface area contributed by atoms with Crippen LogP contribution in [0.1, 0.15) is 27.0 Å². The summed E-state index contributed by atoms with van der Waals surface area (Å²) < 4.78 is 5.94. The van der Waals surface area contributed by atoms with Crippen LogP contribution in [-0.2, 0) is 0 Å². The van der Waals surface area contributed by atoms with Crippen LogP contribution in [0, 0.1) is 20.8 Å². The first kappa shape index (κ1) is 19.1. The fourth-order valence-corrected chi connectivity index (χ4v) is 3.89. The molecule has 4 heteroatoms. The van der Waals surface area contributed by atoms with E-state index in [0.29, 0.717) is 11.5 Å². The Bertz CT molecular complexity index is 1460. The van der Waals surface area contributed by atoms with E-state index in [1.165, 1.54) is 0 Å². The van der Waals surface area contributed by atoms with Gasteiger partial charge in [-0.05, 0) is 78.6 Å². The third kappa shape index (κ3) is 3.46. The van der Waals surface area contributed by atoms with Crippen LogP contribution >= 0.6 is 0 Å². The zero-order valence-corrected chi connectivity index (χ0v) is 17.7. The minimum Gasteiger partial charge on any atom is -0.436 e. The Balaban J connectivity index is 1.51. The van der Waals surface area contributed by atoms with Gasteiger partial charge in [-0.2, -0.15) is 0 Å². The molecule has 4 nitrogen and oxygen atoms in total. The lowest BCUT2D eigenvalue weighted by Gasteiger charge is -2.12. The van der Waals surface area contributed by atoms with Crippen molar-refractivity contribution in [3.05, 3.63) is 95.1 Å². The van der Waals surface area contributed by atoms with Gasteiger partial charge in [-0.25, -0.2) is 4.98 Å². The van der Waals surface area contributed by atoms with E-state index >= 15 is 0 Å². The molecule has 0 radical (unpaired) electrons. The second kappa shape index (κ2) is 7.40. The Morgan fingerprint density at radius 2 is 1.61 bits per heavy atom. The third-order valence-electron chi connectivity index (χ3n) is 5.66. The van der Waals surface area contributed by atoms with Crippen LogP contribution in [0.5, 0.6) is 0 Å². The van der Waals surface area contributed by atoms with Crippen molar-refractivity contribution >= 4 is 33.5 Å². The lowest BCUT2D eigenvalue weighted by Crippen LogP contribution is -2.13. The summed E-state index contributed by atoms with van der Waals surface area (Å²) in [6.07, 6.45) is 0. The zero-order valence-electron chi connectivity index (χ0n) is 17.7. The number of nitrogens with one attached hydrogen (secondary N) is 1. The highest BCUT2D eigenvalue weighted by Crippen LogP contribution is 2.29. The van der Waals surface area contributed by atoms with Gasteiger partial charge in [0.2, 0.25) is 5.89 Å². The summed E-state index contributed by atoms with van der Waals surface area (Å²) in [5, 5.41) is 5.12. The number of carbonyl (C=O) groups excluding carboxylic acids is 1. The molecular formula is C27H22N2O2. The number of nitrogens with zero attached hydrogens (tertiary/aromatic N) is 1. The number of hydrogen-bond acceptors (Lipinski definition) is 3. The molecule has 0 saturated heterocycles. The minimum absolute atomic E-state index is 0.135. The molecule has 5 rings (SSSR count). The van der Waals surface area contributed by atoms with Crippen LogP contribution < -0.4 is 5.32 Å². The molecule has 0 bridgehead atoms. The predicted molar refractivity (Wildman–Crippen MR) is 126 cm³/mol. The first-order chi connectivity index (χ1) is 15.0. The smallest absolute Gasteiger partial charge is 0.256 e. The van der Waals surface area contributed by atoms with E-state index in [1.54, 1.807) is 0 Å². The number of anilines is 1. The van der Waals surface area contributed by atoms with Crippen molar-refractivity contribution in [2.75, 3.05) is 5.32 Å². The number of carbonyl (C=O) groups is 1. The monoisotopic (exact) mass is 406 g/mol. The maximum absolute atomic E-state index is 13.2. The molecule has 1 aromatic heterocycles. The van der Waals surface area contributed by atoms with Crippen LogP contribution in [-0.4, -0.2) is 10.9 Å². The van der Waals surface area contributed by atoms with Crippen molar-refractivity contribution in [2.24, 2.45) is 0 Å². The van der Waals surface area contributed by atoms with Gasteiger partial charge in [0.05, 0.1) is 0 Å². The quantitative estimate of drug-likeness (QED) is 0.357. The minimum atomic E-state index is -0.135. The van der Waals surface area contributed by atoms with Crippen molar-refractivity contribution in [1.82, 2.24) is 4.98 Å². The van der Waals surface area contributed by atoms with Crippen LogP contribution in [0.2, 0.25) is 0 Å². The molecule has 152 valence electrons. The van der Waals surface area contributed by atoms with Crippen molar-refractivity contribution in [1.29, 1.82) is 0 Å². The number of rotatable bonds is 3. The molecule has 0 aliphatic heterocycles. The summed E-state index contributed by atoms with van der Waals surface area (Å²) in [5.41, 5.74) is 7.05. The average Bonchev–Trinajstić information content (AvgIpc) is 3.19. The van der Waals surface area contributed by atoms with Gasteiger partial charge in [-0.3, -0.25) is 4.79 Å². The fourth-order valence-electron chi connectivity index (χ4n) is 3.89. The number of amides is 1. The molecule has 1 amide bonds. The number of aryl methyl sites for hydroxylation is 3. The number of aromatic nitrogens is 1. The molecule has 0 saturated carbocycles. The molecule has 0 aliphatic carbocycles. The van der Waals surface area contributed by atoms with Crippen molar-refractivity contribution in [2.45, 2.75) is 20.8 Å².